The van der Waals surface area contributed by atoms with E-state index >= 15 is 0 Å². The molecule has 1 atom stereocenters. The van der Waals surface area contributed by atoms with Crippen LogP contribution < -0.4 is 4.74 Å². The van der Waals surface area contributed by atoms with Gasteiger partial charge in [-0.15, -0.1) is 0 Å². The fraction of sp³-hybridized carbons (Fsp3) is 0.533. The number of carbonyl (C=O) groups excluding carboxylic acids is 1. The molecule has 0 aromatic heterocycles. The molecule has 0 N–H and O–H groups in total. The molecule has 0 spiro atoms. The third-order valence-corrected chi connectivity index (χ3v) is 3.28. The van der Waals surface area contributed by atoms with Crippen molar-refractivity contribution in [2.24, 2.45) is 0 Å². The Balaban J connectivity index is 1.75. The van der Waals surface area contributed by atoms with Crippen LogP contribution in [0, 0.1) is 0 Å². The molecule has 0 aliphatic carbocycles. The summed E-state index contributed by atoms with van der Waals surface area (Å²) >= 11 is 0. The summed E-state index contributed by atoms with van der Waals surface area (Å²) in [5, 5.41) is 0. The molecule has 0 amide bonds. The van der Waals surface area contributed by atoms with Crippen molar-refractivity contribution < 1.29 is 19.0 Å². The molecule has 5 heteroatoms. The van der Waals surface area contributed by atoms with Crippen LogP contribution in [0.25, 0.3) is 0 Å². The highest BCUT2D eigenvalue weighted by Gasteiger charge is 2.16. The predicted molar refractivity (Wildman–Crippen MR) is 75.1 cm³/mol. The Morgan fingerprint density at radius 3 is 2.80 bits per heavy atom. The minimum absolute atomic E-state index is 0.295. The molecule has 20 heavy (non-hydrogen) atoms. The molecule has 5 nitrogen and oxygen atoms in total. The minimum atomic E-state index is -0.334. The highest BCUT2D eigenvalue weighted by molar-refractivity contribution is 5.89. The van der Waals surface area contributed by atoms with Gasteiger partial charge in [0.1, 0.15) is 12.4 Å². The van der Waals surface area contributed by atoms with Gasteiger partial charge in [-0.1, -0.05) is 0 Å². The zero-order chi connectivity index (χ0) is 14.4. The van der Waals surface area contributed by atoms with Gasteiger partial charge in [0, 0.05) is 19.6 Å². The normalized spacial score (nSPS) is 19.6. The first-order chi connectivity index (χ1) is 9.69. The Morgan fingerprint density at radius 2 is 2.15 bits per heavy atom. The molecule has 1 saturated heterocycles. The predicted octanol–water partition coefficient (Wildman–Crippen LogP) is 1.57. The Hall–Kier alpha value is -1.59. The summed E-state index contributed by atoms with van der Waals surface area (Å²) in [5.41, 5.74) is 0.529. The van der Waals surface area contributed by atoms with Crippen LogP contribution in [0.1, 0.15) is 17.3 Å². The molecule has 110 valence electrons. The van der Waals surface area contributed by atoms with E-state index in [0.29, 0.717) is 18.3 Å². The molecule has 1 heterocycles. The number of hydrogen-bond donors (Lipinski definition) is 0. The zero-order valence-corrected chi connectivity index (χ0v) is 12.0. The third-order valence-electron chi connectivity index (χ3n) is 3.28. The van der Waals surface area contributed by atoms with E-state index < -0.39 is 0 Å². The van der Waals surface area contributed by atoms with Gasteiger partial charge >= 0.3 is 5.97 Å². The summed E-state index contributed by atoms with van der Waals surface area (Å²) in [7, 11) is 1.37. The first kappa shape index (κ1) is 14.8. The Kier molecular flexibility index (Phi) is 5.38. The standard InChI is InChI=1S/C15H21NO4/c1-12-11-16(7-9-19-12)8-10-20-14-5-3-13(4-6-14)15(17)18-2/h3-6,12H,7-11H2,1-2H3/t12-/m1/s1. The number of nitrogens with zero attached hydrogens (tertiary/aromatic N) is 1. The molecule has 2 rings (SSSR count). The number of morpholine rings is 1. The Labute approximate surface area is 119 Å². The van der Waals surface area contributed by atoms with Crippen LogP contribution in [0.5, 0.6) is 5.75 Å². The highest BCUT2D eigenvalue weighted by atomic mass is 16.5. The molecule has 0 bridgehead atoms. The van der Waals surface area contributed by atoms with Crippen LogP contribution >= 0.6 is 0 Å². The fourth-order valence-corrected chi connectivity index (χ4v) is 2.19. The summed E-state index contributed by atoms with van der Waals surface area (Å²) in [6.07, 6.45) is 0.295. The SMILES string of the molecule is COC(=O)c1ccc(OCCN2CCO[C@H](C)C2)cc1. The van der Waals surface area contributed by atoms with Crippen molar-refractivity contribution >= 4 is 5.97 Å². The average molecular weight is 279 g/mol. The van der Waals surface area contributed by atoms with E-state index in [9.17, 15) is 4.79 Å². The number of ether oxygens (including phenoxy) is 3. The van der Waals surface area contributed by atoms with Crippen molar-refractivity contribution in [1.82, 2.24) is 4.90 Å². The maximum Gasteiger partial charge on any atom is 0.337 e. The maximum atomic E-state index is 11.3. The lowest BCUT2D eigenvalue weighted by molar-refractivity contribution is -0.0214. The van der Waals surface area contributed by atoms with Gasteiger partial charge in [0.15, 0.2) is 0 Å². The molecule has 0 unspecified atom stereocenters. The van der Waals surface area contributed by atoms with Crippen molar-refractivity contribution in [2.45, 2.75) is 13.0 Å². The monoisotopic (exact) mass is 279 g/mol. The van der Waals surface area contributed by atoms with Gasteiger partial charge in [0.25, 0.3) is 0 Å². The second-order valence-electron chi connectivity index (χ2n) is 4.85. The molecule has 1 aliphatic rings. The lowest BCUT2D eigenvalue weighted by Crippen LogP contribution is -2.42. The van der Waals surface area contributed by atoms with Gasteiger partial charge in [-0.3, -0.25) is 4.90 Å². The Bertz CT molecular complexity index is 432. The van der Waals surface area contributed by atoms with Crippen LogP contribution in [-0.2, 0) is 9.47 Å². The molecule has 1 aromatic rings. The molecule has 1 aliphatic heterocycles. The summed E-state index contributed by atoms with van der Waals surface area (Å²) < 4.78 is 15.8. The first-order valence-corrected chi connectivity index (χ1v) is 6.84. The van der Waals surface area contributed by atoms with Crippen molar-refractivity contribution in [1.29, 1.82) is 0 Å². The quantitative estimate of drug-likeness (QED) is 0.766. The average Bonchev–Trinajstić information content (AvgIpc) is 2.47. The number of methoxy groups -OCH3 is 1. The summed E-state index contributed by atoms with van der Waals surface area (Å²) in [5.74, 6) is 0.429. The van der Waals surface area contributed by atoms with Crippen LogP contribution in [0.15, 0.2) is 24.3 Å². The number of rotatable bonds is 5. The van der Waals surface area contributed by atoms with E-state index in [1.165, 1.54) is 7.11 Å². The van der Waals surface area contributed by atoms with Gasteiger partial charge < -0.3 is 14.2 Å². The van der Waals surface area contributed by atoms with Gasteiger partial charge in [-0.2, -0.15) is 0 Å². The zero-order valence-electron chi connectivity index (χ0n) is 12.0. The van der Waals surface area contributed by atoms with Crippen molar-refractivity contribution in [2.75, 3.05) is 40.0 Å². The van der Waals surface area contributed by atoms with Crippen molar-refractivity contribution in [3.05, 3.63) is 29.8 Å². The molecular weight excluding hydrogens is 258 g/mol. The summed E-state index contributed by atoms with van der Waals surface area (Å²) in [6, 6.07) is 6.98. The van der Waals surface area contributed by atoms with E-state index in [1.54, 1.807) is 24.3 Å². The minimum Gasteiger partial charge on any atom is -0.492 e. The van der Waals surface area contributed by atoms with E-state index in [1.807, 2.05) is 0 Å². The second-order valence-corrected chi connectivity index (χ2v) is 4.85. The van der Waals surface area contributed by atoms with Crippen molar-refractivity contribution in [3.8, 4) is 5.75 Å². The number of hydrogen-bond acceptors (Lipinski definition) is 5. The largest absolute Gasteiger partial charge is 0.492 e. The number of esters is 1. The third kappa shape index (κ3) is 4.21. The number of benzene rings is 1. The summed E-state index contributed by atoms with van der Waals surface area (Å²) in [4.78, 5) is 13.6. The van der Waals surface area contributed by atoms with Gasteiger partial charge in [0.2, 0.25) is 0 Å². The van der Waals surface area contributed by atoms with E-state index in [2.05, 4.69) is 16.6 Å². The van der Waals surface area contributed by atoms with E-state index in [4.69, 9.17) is 9.47 Å². The van der Waals surface area contributed by atoms with Crippen molar-refractivity contribution in [3.63, 3.8) is 0 Å². The lowest BCUT2D eigenvalue weighted by atomic mass is 10.2. The Morgan fingerprint density at radius 1 is 1.40 bits per heavy atom. The fourth-order valence-electron chi connectivity index (χ4n) is 2.19. The van der Waals surface area contributed by atoms with Crippen LogP contribution in [0.4, 0.5) is 0 Å². The van der Waals surface area contributed by atoms with Gasteiger partial charge in [-0.05, 0) is 31.2 Å². The van der Waals surface area contributed by atoms with Gasteiger partial charge in [-0.25, -0.2) is 4.79 Å². The van der Waals surface area contributed by atoms with Gasteiger partial charge in [0.05, 0.1) is 25.4 Å². The summed E-state index contributed by atoms with van der Waals surface area (Å²) in [6.45, 7) is 6.28. The lowest BCUT2D eigenvalue weighted by Gasteiger charge is -2.30. The first-order valence-electron chi connectivity index (χ1n) is 6.84. The van der Waals surface area contributed by atoms with E-state index in [-0.39, 0.29) is 5.97 Å². The molecule has 1 aromatic carbocycles. The molecule has 0 saturated carbocycles. The molecule has 1 fully saturated rings. The second kappa shape index (κ2) is 7.26. The highest BCUT2D eigenvalue weighted by Crippen LogP contribution is 2.13. The smallest absolute Gasteiger partial charge is 0.337 e. The molecular formula is C15H21NO4. The van der Waals surface area contributed by atoms with Crippen LogP contribution in [-0.4, -0.2) is 56.9 Å². The topological polar surface area (TPSA) is 48.0 Å². The van der Waals surface area contributed by atoms with E-state index in [0.717, 1.165) is 32.0 Å². The molecule has 0 radical (unpaired) electrons. The van der Waals surface area contributed by atoms with Crippen LogP contribution in [0.3, 0.4) is 0 Å². The number of carbonyl (C=O) groups is 1. The van der Waals surface area contributed by atoms with Crippen LogP contribution in [0.2, 0.25) is 0 Å². The maximum absolute atomic E-state index is 11.3.